The van der Waals surface area contributed by atoms with Crippen LogP contribution in [0.3, 0.4) is 0 Å². The Morgan fingerprint density at radius 1 is 1.14 bits per heavy atom. The SMILES string of the molecule is CC1(C)C[C@@]2(O[C@H]2c2ccncc2)C(=O)c2ccccc21. The van der Waals surface area contributed by atoms with Crippen LogP contribution in [0.2, 0.25) is 0 Å². The number of nitrogens with zero attached hydrogens (tertiary/aromatic N) is 1. The molecule has 0 radical (unpaired) electrons. The summed E-state index contributed by atoms with van der Waals surface area (Å²) in [5.74, 6) is 0.124. The molecule has 2 heterocycles. The molecule has 1 saturated heterocycles. The summed E-state index contributed by atoms with van der Waals surface area (Å²) >= 11 is 0. The summed E-state index contributed by atoms with van der Waals surface area (Å²) in [7, 11) is 0. The Hall–Kier alpha value is -2.00. The average molecular weight is 279 g/mol. The number of fused-ring (bicyclic) bond motifs is 1. The lowest BCUT2D eigenvalue weighted by atomic mass is 9.66. The van der Waals surface area contributed by atoms with E-state index in [1.54, 1.807) is 12.4 Å². The van der Waals surface area contributed by atoms with E-state index < -0.39 is 5.60 Å². The zero-order valence-corrected chi connectivity index (χ0v) is 12.2. The Bertz CT molecular complexity index is 723. The number of carbonyl (C=O) groups is 1. The summed E-state index contributed by atoms with van der Waals surface area (Å²) in [4.78, 5) is 17.0. The standard InChI is InChI=1S/C18H17NO2/c1-17(2)11-18(15(20)13-5-3-4-6-14(13)17)16(21-18)12-7-9-19-10-8-12/h3-10,16H,11H2,1-2H3/t16-,18+/m0/s1. The van der Waals surface area contributed by atoms with Gasteiger partial charge in [-0.15, -0.1) is 0 Å². The van der Waals surface area contributed by atoms with Gasteiger partial charge in [-0.2, -0.15) is 0 Å². The molecule has 0 saturated carbocycles. The minimum absolute atomic E-state index is 0.0632. The van der Waals surface area contributed by atoms with Crippen LogP contribution < -0.4 is 0 Å². The van der Waals surface area contributed by atoms with E-state index in [1.165, 1.54) is 0 Å². The van der Waals surface area contributed by atoms with Gasteiger partial charge in [-0.05, 0) is 35.1 Å². The number of hydrogen-bond donors (Lipinski definition) is 0. The van der Waals surface area contributed by atoms with Gasteiger partial charge >= 0.3 is 0 Å². The van der Waals surface area contributed by atoms with Crippen LogP contribution in [0, 0.1) is 0 Å². The number of ketones is 1. The Morgan fingerprint density at radius 2 is 1.86 bits per heavy atom. The third kappa shape index (κ3) is 1.70. The summed E-state index contributed by atoms with van der Waals surface area (Å²) in [5, 5.41) is 0. The molecular formula is C18H17NO2. The van der Waals surface area contributed by atoms with Crippen molar-refractivity contribution in [3.63, 3.8) is 0 Å². The number of rotatable bonds is 1. The number of Topliss-reactive ketones (excluding diaryl/α,β-unsaturated/α-hetero) is 1. The Labute approximate surface area is 124 Å². The summed E-state index contributed by atoms with van der Waals surface area (Å²) in [6.45, 7) is 4.37. The highest BCUT2D eigenvalue weighted by Gasteiger charge is 2.66. The molecule has 1 aliphatic carbocycles. The van der Waals surface area contributed by atoms with Crippen LogP contribution in [0.15, 0.2) is 48.8 Å². The van der Waals surface area contributed by atoms with Gasteiger partial charge in [-0.3, -0.25) is 9.78 Å². The number of benzene rings is 1. The molecule has 1 aliphatic heterocycles. The van der Waals surface area contributed by atoms with Crippen molar-refractivity contribution in [2.24, 2.45) is 0 Å². The number of aromatic nitrogens is 1. The Balaban J connectivity index is 1.79. The van der Waals surface area contributed by atoms with E-state index in [1.807, 2.05) is 30.3 Å². The second-order valence-electron chi connectivity index (χ2n) is 6.60. The van der Waals surface area contributed by atoms with Crippen LogP contribution in [0.4, 0.5) is 0 Å². The number of ether oxygens (including phenoxy) is 1. The molecule has 3 nitrogen and oxygen atoms in total. The van der Waals surface area contributed by atoms with Crippen molar-refractivity contribution in [3.05, 3.63) is 65.5 Å². The zero-order chi connectivity index (χ0) is 14.7. The van der Waals surface area contributed by atoms with Gasteiger partial charge in [0.05, 0.1) is 0 Å². The molecule has 0 amide bonds. The van der Waals surface area contributed by atoms with Crippen molar-refractivity contribution in [3.8, 4) is 0 Å². The third-order valence-corrected chi connectivity index (χ3v) is 4.69. The topological polar surface area (TPSA) is 42.5 Å². The molecule has 1 aromatic heterocycles. The van der Waals surface area contributed by atoms with E-state index in [2.05, 4.69) is 24.9 Å². The fourth-order valence-corrected chi connectivity index (χ4v) is 3.69. The predicted octanol–water partition coefficient (Wildman–Crippen LogP) is 3.46. The molecule has 0 bridgehead atoms. The highest BCUT2D eigenvalue weighted by atomic mass is 16.6. The lowest BCUT2D eigenvalue weighted by Gasteiger charge is -2.35. The first-order valence-electron chi connectivity index (χ1n) is 7.27. The molecule has 2 aromatic rings. The van der Waals surface area contributed by atoms with Crippen molar-refractivity contribution in [1.82, 2.24) is 4.98 Å². The molecule has 21 heavy (non-hydrogen) atoms. The summed E-state index contributed by atoms with van der Waals surface area (Å²) in [5.41, 5.74) is 2.23. The summed E-state index contributed by atoms with van der Waals surface area (Å²) in [6.07, 6.45) is 4.08. The molecule has 106 valence electrons. The van der Waals surface area contributed by atoms with Gasteiger partial charge in [0.15, 0.2) is 11.4 Å². The lowest BCUT2D eigenvalue weighted by Crippen LogP contribution is -2.40. The number of epoxide rings is 1. The highest BCUT2D eigenvalue weighted by Crippen LogP contribution is 2.60. The van der Waals surface area contributed by atoms with E-state index >= 15 is 0 Å². The van der Waals surface area contributed by atoms with Gasteiger partial charge in [0.1, 0.15) is 6.10 Å². The molecule has 4 rings (SSSR count). The molecule has 1 spiro atoms. The van der Waals surface area contributed by atoms with E-state index in [4.69, 9.17) is 4.74 Å². The molecule has 0 unspecified atom stereocenters. The van der Waals surface area contributed by atoms with Crippen molar-refractivity contribution >= 4 is 5.78 Å². The Kier molecular flexibility index (Phi) is 2.43. The van der Waals surface area contributed by atoms with Gasteiger partial charge in [0.25, 0.3) is 0 Å². The first kappa shape index (κ1) is 12.7. The molecule has 0 N–H and O–H groups in total. The first-order valence-corrected chi connectivity index (χ1v) is 7.27. The molecule has 1 aromatic carbocycles. The van der Waals surface area contributed by atoms with Gasteiger partial charge in [0, 0.05) is 18.0 Å². The van der Waals surface area contributed by atoms with Gasteiger partial charge in [-0.25, -0.2) is 0 Å². The summed E-state index contributed by atoms with van der Waals surface area (Å²) in [6, 6.07) is 11.8. The third-order valence-electron chi connectivity index (χ3n) is 4.69. The van der Waals surface area contributed by atoms with E-state index in [0.29, 0.717) is 0 Å². The number of carbonyl (C=O) groups excluding carboxylic acids is 1. The molecule has 2 atom stereocenters. The van der Waals surface area contributed by atoms with Crippen molar-refractivity contribution in [2.45, 2.75) is 37.4 Å². The average Bonchev–Trinajstić information content (AvgIpc) is 3.21. The van der Waals surface area contributed by atoms with Crippen molar-refractivity contribution < 1.29 is 9.53 Å². The Morgan fingerprint density at radius 3 is 2.62 bits per heavy atom. The minimum Gasteiger partial charge on any atom is -0.352 e. The zero-order valence-electron chi connectivity index (χ0n) is 12.2. The number of hydrogen-bond acceptors (Lipinski definition) is 3. The molecule has 2 aliphatic rings. The fraction of sp³-hybridized carbons (Fsp3) is 0.333. The molecular weight excluding hydrogens is 262 g/mol. The monoisotopic (exact) mass is 279 g/mol. The lowest BCUT2D eigenvalue weighted by molar-refractivity contribution is 0.0812. The van der Waals surface area contributed by atoms with Gasteiger partial charge < -0.3 is 4.74 Å². The van der Waals surface area contributed by atoms with Crippen LogP contribution in [-0.4, -0.2) is 16.4 Å². The van der Waals surface area contributed by atoms with Crippen LogP contribution in [0.1, 0.15) is 47.9 Å². The summed E-state index contributed by atoms with van der Waals surface area (Å²) < 4.78 is 5.96. The number of pyridine rings is 1. The van der Waals surface area contributed by atoms with E-state index in [0.717, 1.165) is 23.1 Å². The highest BCUT2D eigenvalue weighted by molar-refractivity contribution is 6.07. The van der Waals surface area contributed by atoms with Crippen LogP contribution in [0.5, 0.6) is 0 Å². The largest absolute Gasteiger partial charge is 0.352 e. The maximum absolute atomic E-state index is 12.9. The predicted molar refractivity (Wildman–Crippen MR) is 79.2 cm³/mol. The van der Waals surface area contributed by atoms with E-state index in [9.17, 15) is 4.79 Å². The van der Waals surface area contributed by atoms with Crippen LogP contribution in [0.25, 0.3) is 0 Å². The van der Waals surface area contributed by atoms with Crippen molar-refractivity contribution in [1.29, 1.82) is 0 Å². The normalized spacial score (nSPS) is 29.2. The van der Waals surface area contributed by atoms with Crippen molar-refractivity contribution in [2.75, 3.05) is 0 Å². The first-order chi connectivity index (χ1) is 10.0. The van der Waals surface area contributed by atoms with Gasteiger partial charge in [-0.1, -0.05) is 38.1 Å². The molecule has 3 heteroatoms. The second kappa shape index (κ2) is 4.01. The fourth-order valence-electron chi connectivity index (χ4n) is 3.69. The second-order valence-corrected chi connectivity index (χ2v) is 6.60. The minimum atomic E-state index is -0.681. The molecule has 1 fully saturated rings. The van der Waals surface area contributed by atoms with E-state index in [-0.39, 0.29) is 17.3 Å². The van der Waals surface area contributed by atoms with Gasteiger partial charge in [0.2, 0.25) is 0 Å². The quantitative estimate of drug-likeness (QED) is 0.751. The van der Waals surface area contributed by atoms with Crippen LogP contribution in [-0.2, 0) is 10.2 Å². The maximum atomic E-state index is 12.9. The van der Waals surface area contributed by atoms with Crippen LogP contribution >= 0.6 is 0 Å². The maximum Gasteiger partial charge on any atom is 0.198 e. The smallest absolute Gasteiger partial charge is 0.198 e.